The van der Waals surface area contributed by atoms with Crippen LogP contribution in [0.25, 0.3) is 0 Å². The van der Waals surface area contributed by atoms with E-state index in [-0.39, 0.29) is 11.7 Å². The number of carbonyl (C=O) groups excluding carboxylic acids is 1. The van der Waals surface area contributed by atoms with Crippen molar-refractivity contribution >= 4 is 17.5 Å². The van der Waals surface area contributed by atoms with Gasteiger partial charge in [-0.05, 0) is 24.3 Å². The number of rotatable bonds is 6. The van der Waals surface area contributed by atoms with Crippen LogP contribution in [0.3, 0.4) is 0 Å². The fourth-order valence-corrected chi connectivity index (χ4v) is 2.85. The third-order valence-electron chi connectivity index (χ3n) is 4.29. The van der Waals surface area contributed by atoms with Crippen molar-refractivity contribution in [2.75, 3.05) is 50.1 Å². The Labute approximate surface area is 151 Å². The lowest BCUT2D eigenvalue weighted by Gasteiger charge is -2.36. The Morgan fingerprint density at radius 3 is 2.62 bits per heavy atom. The van der Waals surface area contributed by atoms with E-state index in [1.807, 2.05) is 4.90 Å². The van der Waals surface area contributed by atoms with Gasteiger partial charge < -0.3 is 19.9 Å². The van der Waals surface area contributed by atoms with Crippen LogP contribution >= 0.6 is 0 Å². The molecule has 1 N–H and O–H groups in total. The van der Waals surface area contributed by atoms with Crippen LogP contribution in [-0.2, 0) is 4.79 Å². The van der Waals surface area contributed by atoms with E-state index in [1.165, 1.54) is 12.1 Å². The molecule has 26 heavy (non-hydrogen) atoms. The maximum absolute atomic E-state index is 13.0. The monoisotopic (exact) mass is 359 g/mol. The quantitative estimate of drug-likeness (QED) is 0.848. The van der Waals surface area contributed by atoms with Crippen molar-refractivity contribution in [3.8, 4) is 5.88 Å². The summed E-state index contributed by atoms with van der Waals surface area (Å²) in [5, 5.41) is 3.03. The van der Waals surface area contributed by atoms with Crippen LogP contribution in [0.4, 0.5) is 16.0 Å². The van der Waals surface area contributed by atoms with Crippen molar-refractivity contribution in [1.82, 2.24) is 14.9 Å². The summed E-state index contributed by atoms with van der Waals surface area (Å²) in [7, 11) is 1.54. The van der Waals surface area contributed by atoms with E-state index in [2.05, 4.69) is 20.2 Å². The van der Waals surface area contributed by atoms with Crippen LogP contribution in [0.2, 0.25) is 0 Å². The first kappa shape index (κ1) is 17.9. The molecule has 0 spiro atoms. The Morgan fingerprint density at radius 1 is 1.19 bits per heavy atom. The third-order valence-corrected chi connectivity index (χ3v) is 4.29. The van der Waals surface area contributed by atoms with Crippen LogP contribution in [-0.4, -0.2) is 60.6 Å². The zero-order valence-corrected chi connectivity index (χ0v) is 14.7. The number of methoxy groups -OCH3 is 1. The Morgan fingerprint density at radius 2 is 1.92 bits per heavy atom. The molecule has 1 aromatic heterocycles. The molecule has 1 amide bonds. The molecular weight excluding hydrogens is 337 g/mol. The van der Waals surface area contributed by atoms with Crippen LogP contribution in [0, 0.1) is 5.82 Å². The SMILES string of the molecule is COc1ccnc(NCCC(=O)N2CCN(c3ccc(F)cc3)CC2)n1. The molecule has 2 aromatic rings. The van der Waals surface area contributed by atoms with Gasteiger partial charge in [-0.2, -0.15) is 4.98 Å². The topological polar surface area (TPSA) is 70.6 Å². The number of amides is 1. The van der Waals surface area contributed by atoms with Gasteiger partial charge >= 0.3 is 0 Å². The van der Waals surface area contributed by atoms with Gasteiger partial charge in [-0.25, -0.2) is 9.37 Å². The van der Waals surface area contributed by atoms with Crippen molar-refractivity contribution in [1.29, 1.82) is 0 Å². The summed E-state index contributed by atoms with van der Waals surface area (Å²) in [6.45, 7) is 3.26. The highest BCUT2D eigenvalue weighted by Gasteiger charge is 2.21. The van der Waals surface area contributed by atoms with Crippen molar-refractivity contribution < 1.29 is 13.9 Å². The molecule has 0 atom stereocenters. The van der Waals surface area contributed by atoms with Gasteiger partial charge in [-0.3, -0.25) is 4.79 Å². The van der Waals surface area contributed by atoms with Crippen LogP contribution < -0.4 is 15.0 Å². The normalized spacial score (nSPS) is 14.2. The van der Waals surface area contributed by atoms with Gasteiger partial charge in [0.2, 0.25) is 17.7 Å². The van der Waals surface area contributed by atoms with Gasteiger partial charge in [-0.15, -0.1) is 0 Å². The lowest BCUT2D eigenvalue weighted by Crippen LogP contribution is -2.49. The van der Waals surface area contributed by atoms with E-state index < -0.39 is 0 Å². The number of hydrogen-bond donors (Lipinski definition) is 1. The second-order valence-corrected chi connectivity index (χ2v) is 5.94. The van der Waals surface area contributed by atoms with E-state index in [9.17, 15) is 9.18 Å². The third kappa shape index (κ3) is 4.59. The molecule has 3 rings (SSSR count). The number of nitrogens with one attached hydrogen (secondary N) is 1. The first-order chi connectivity index (χ1) is 12.7. The van der Waals surface area contributed by atoms with Crippen LogP contribution in [0.5, 0.6) is 5.88 Å². The summed E-state index contributed by atoms with van der Waals surface area (Å²) in [5.41, 5.74) is 0.982. The van der Waals surface area contributed by atoms with Crippen molar-refractivity contribution in [2.45, 2.75) is 6.42 Å². The molecule has 0 radical (unpaired) electrons. The zero-order chi connectivity index (χ0) is 18.4. The van der Waals surface area contributed by atoms with Crippen LogP contribution in [0.1, 0.15) is 6.42 Å². The zero-order valence-electron chi connectivity index (χ0n) is 14.7. The fraction of sp³-hybridized carbons (Fsp3) is 0.389. The number of ether oxygens (including phenoxy) is 1. The molecule has 1 aromatic carbocycles. The van der Waals surface area contributed by atoms with Gasteiger partial charge in [0.05, 0.1) is 7.11 Å². The molecule has 7 nitrogen and oxygen atoms in total. The molecule has 0 bridgehead atoms. The number of carbonyl (C=O) groups is 1. The Kier molecular flexibility index (Phi) is 5.83. The Hall–Kier alpha value is -2.90. The summed E-state index contributed by atoms with van der Waals surface area (Å²) >= 11 is 0. The smallest absolute Gasteiger partial charge is 0.225 e. The molecule has 138 valence electrons. The summed E-state index contributed by atoms with van der Waals surface area (Å²) < 4.78 is 18.1. The number of nitrogens with zero attached hydrogens (tertiary/aromatic N) is 4. The van der Waals surface area contributed by atoms with E-state index in [0.29, 0.717) is 37.9 Å². The average Bonchev–Trinajstić information content (AvgIpc) is 2.69. The molecule has 1 fully saturated rings. The first-order valence-electron chi connectivity index (χ1n) is 8.55. The lowest BCUT2D eigenvalue weighted by atomic mass is 10.2. The highest BCUT2D eigenvalue weighted by atomic mass is 19.1. The van der Waals surface area contributed by atoms with Crippen molar-refractivity contribution in [3.63, 3.8) is 0 Å². The summed E-state index contributed by atoms with van der Waals surface area (Å²) in [4.78, 5) is 24.6. The summed E-state index contributed by atoms with van der Waals surface area (Å²) in [5.74, 6) is 0.776. The maximum atomic E-state index is 13.0. The Balaban J connectivity index is 1.42. The predicted octanol–water partition coefficient (Wildman–Crippen LogP) is 1.78. The largest absolute Gasteiger partial charge is 0.481 e. The van der Waals surface area contributed by atoms with Crippen LogP contribution in [0.15, 0.2) is 36.5 Å². The van der Waals surface area contributed by atoms with E-state index in [1.54, 1.807) is 31.5 Å². The second-order valence-electron chi connectivity index (χ2n) is 5.94. The molecule has 2 heterocycles. The summed E-state index contributed by atoms with van der Waals surface area (Å²) in [6.07, 6.45) is 1.97. The average molecular weight is 359 g/mol. The van der Waals surface area contributed by atoms with Crippen molar-refractivity contribution in [3.05, 3.63) is 42.3 Å². The molecule has 8 heteroatoms. The molecule has 1 aliphatic heterocycles. The van der Waals surface area contributed by atoms with Gasteiger partial charge in [-0.1, -0.05) is 0 Å². The highest BCUT2D eigenvalue weighted by Crippen LogP contribution is 2.17. The van der Waals surface area contributed by atoms with Gasteiger partial charge in [0, 0.05) is 57.1 Å². The van der Waals surface area contributed by atoms with E-state index >= 15 is 0 Å². The molecular formula is C18H22FN5O2. The number of piperazine rings is 1. The number of benzene rings is 1. The highest BCUT2D eigenvalue weighted by molar-refractivity contribution is 5.77. The minimum Gasteiger partial charge on any atom is -0.481 e. The van der Waals surface area contributed by atoms with Crippen molar-refractivity contribution in [2.24, 2.45) is 0 Å². The van der Waals surface area contributed by atoms with E-state index in [4.69, 9.17) is 4.74 Å². The number of anilines is 2. The fourth-order valence-electron chi connectivity index (χ4n) is 2.85. The molecule has 1 saturated heterocycles. The van der Waals surface area contributed by atoms with Gasteiger partial charge in [0.1, 0.15) is 5.82 Å². The molecule has 1 aliphatic rings. The first-order valence-corrected chi connectivity index (χ1v) is 8.55. The number of hydrogen-bond acceptors (Lipinski definition) is 6. The van der Waals surface area contributed by atoms with E-state index in [0.717, 1.165) is 18.8 Å². The standard InChI is InChI=1S/C18H22FN5O2/c1-26-16-6-8-20-18(22-16)21-9-7-17(25)24-12-10-23(11-13-24)15-4-2-14(19)3-5-15/h2-6,8H,7,9-13H2,1H3,(H,20,21,22). The minimum absolute atomic E-state index is 0.0964. The number of halogens is 1. The molecule has 0 saturated carbocycles. The maximum Gasteiger partial charge on any atom is 0.225 e. The van der Waals surface area contributed by atoms with Gasteiger partial charge in [0.25, 0.3) is 0 Å². The Bertz CT molecular complexity index is 733. The van der Waals surface area contributed by atoms with Gasteiger partial charge in [0.15, 0.2) is 0 Å². The molecule has 0 unspecified atom stereocenters. The second kappa shape index (κ2) is 8.46. The lowest BCUT2D eigenvalue weighted by molar-refractivity contribution is -0.131. The predicted molar refractivity (Wildman–Crippen MR) is 96.9 cm³/mol. The number of aromatic nitrogens is 2. The summed E-state index contributed by atoms with van der Waals surface area (Å²) in [6, 6.07) is 8.12. The molecule has 0 aliphatic carbocycles. The minimum atomic E-state index is -0.241.